The van der Waals surface area contributed by atoms with E-state index < -0.39 is 10.9 Å². The van der Waals surface area contributed by atoms with Crippen LogP contribution in [0.25, 0.3) is 0 Å². The summed E-state index contributed by atoms with van der Waals surface area (Å²) in [6.45, 7) is 1.75. The molecule has 0 heterocycles. The minimum Gasteiger partial charge on any atom is -0.494 e. The van der Waals surface area contributed by atoms with Crippen molar-refractivity contribution in [2.75, 3.05) is 31.4 Å². The molecule has 0 saturated carbocycles. The first-order valence-corrected chi connectivity index (χ1v) is 7.90. The summed E-state index contributed by atoms with van der Waals surface area (Å²) in [5, 5.41) is 16.4. The van der Waals surface area contributed by atoms with Gasteiger partial charge in [-0.25, -0.2) is 4.79 Å². The van der Waals surface area contributed by atoms with Crippen molar-refractivity contribution in [2.45, 2.75) is 6.92 Å². The van der Waals surface area contributed by atoms with E-state index in [1.165, 1.54) is 32.4 Å². The summed E-state index contributed by atoms with van der Waals surface area (Å²) in [4.78, 5) is 33.9. The van der Waals surface area contributed by atoms with E-state index in [2.05, 4.69) is 15.4 Å². The Hall–Kier alpha value is -3.62. The fraction of sp³-hybridized carbons (Fsp3) is 0.222. The largest absolute Gasteiger partial charge is 0.494 e. The smallest absolute Gasteiger partial charge is 0.337 e. The van der Waals surface area contributed by atoms with E-state index in [9.17, 15) is 19.7 Å². The Balaban J connectivity index is 2.02. The third kappa shape index (κ3) is 4.94. The summed E-state index contributed by atoms with van der Waals surface area (Å²) in [7, 11) is 2.67. The minimum absolute atomic E-state index is 0.0431. The molecule has 0 radical (unpaired) electrons. The van der Waals surface area contributed by atoms with Gasteiger partial charge in [-0.15, -0.1) is 0 Å². The number of amides is 1. The Labute approximate surface area is 155 Å². The van der Waals surface area contributed by atoms with Crippen molar-refractivity contribution >= 4 is 28.9 Å². The van der Waals surface area contributed by atoms with E-state index in [0.29, 0.717) is 16.9 Å². The molecule has 2 aromatic rings. The van der Waals surface area contributed by atoms with Crippen molar-refractivity contribution in [1.82, 2.24) is 0 Å². The predicted molar refractivity (Wildman–Crippen MR) is 99.3 cm³/mol. The van der Waals surface area contributed by atoms with Crippen LogP contribution in [0.4, 0.5) is 17.1 Å². The van der Waals surface area contributed by atoms with Crippen LogP contribution in [0.2, 0.25) is 0 Å². The molecular weight excluding hydrogens is 354 g/mol. The first kappa shape index (κ1) is 19.7. The third-order valence-electron chi connectivity index (χ3n) is 3.76. The molecule has 9 nitrogen and oxygen atoms in total. The lowest BCUT2D eigenvalue weighted by molar-refractivity contribution is -0.384. The number of nitrogens with one attached hydrogen (secondary N) is 2. The van der Waals surface area contributed by atoms with Gasteiger partial charge in [-0.1, -0.05) is 0 Å². The molecule has 27 heavy (non-hydrogen) atoms. The highest BCUT2D eigenvalue weighted by atomic mass is 16.6. The highest BCUT2D eigenvalue weighted by Crippen LogP contribution is 2.29. The molecule has 142 valence electrons. The van der Waals surface area contributed by atoms with Gasteiger partial charge in [0.2, 0.25) is 5.91 Å². The average Bonchev–Trinajstić information content (AvgIpc) is 2.66. The fourth-order valence-electron chi connectivity index (χ4n) is 2.37. The van der Waals surface area contributed by atoms with Gasteiger partial charge in [-0.3, -0.25) is 14.9 Å². The molecule has 0 atom stereocenters. The number of carbonyl (C=O) groups is 2. The molecular formula is C18H19N3O6. The molecule has 2 aromatic carbocycles. The van der Waals surface area contributed by atoms with Gasteiger partial charge in [0.25, 0.3) is 5.69 Å². The molecule has 0 aliphatic heterocycles. The van der Waals surface area contributed by atoms with Crippen molar-refractivity contribution in [1.29, 1.82) is 0 Å². The average molecular weight is 373 g/mol. The molecule has 0 unspecified atom stereocenters. The first-order chi connectivity index (χ1) is 12.8. The normalized spacial score (nSPS) is 10.0. The number of nitro groups is 1. The summed E-state index contributed by atoms with van der Waals surface area (Å²) in [6.07, 6.45) is 0. The number of carbonyl (C=O) groups excluding carboxylic acids is 2. The van der Waals surface area contributed by atoms with Crippen molar-refractivity contribution in [3.8, 4) is 5.75 Å². The number of ether oxygens (including phenoxy) is 2. The van der Waals surface area contributed by atoms with Crippen molar-refractivity contribution in [2.24, 2.45) is 0 Å². The van der Waals surface area contributed by atoms with Gasteiger partial charge >= 0.3 is 5.97 Å². The lowest BCUT2D eigenvalue weighted by atomic mass is 10.1. The molecule has 0 bridgehead atoms. The summed E-state index contributed by atoms with van der Waals surface area (Å²) >= 11 is 0. The second kappa shape index (κ2) is 8.65. The van der Waals surface area contributed by atoms with Crippen molar-refractivity contribution < 1.29 is 24.0 Å². The quantitative estimate of drug-likeness (QED) is 0.435. The van der Waals surface area contributed by atoms with Crippen molar-refractivity contribution in [3.63, 3.8) is 0 Å². The van der Waals surface area contributed by atoms with E-state index in [4.69, 9.17) is 4.74 Å². The molecule has 2 N–H and O–H groups in total. The number of hydrogen-bond acceptors (Lipinski definition) is 7. The van der Waals surface area contributed by atoms with E-state index in [1.54, 1.807) is 25.1 Å². The standard InChI is InChI=1S/C18H19N3O6/c1-11-8-12(18(23)27-3)4-6-14(11)19-10-17(22)20-15-7-5-13(21(24)25)9-16(15)26-2/h4-9,19H,10H2,1-3H3,(H,20,22). The maximum atomic E-state index is 12.2. The highest BCUT2D eigenvalue weighted by Gasteiger charge is 2.14. The van der Waals surface area contributed by atoms with Crippen LogP contribution in [0, 0.1) is 17.0 Å². The van der Waals surface area contributed by atoms with Gasteiger partial charge in [0.15, 0.2) is 0 Å². The van der Waals surface area contributed by atoms with Gasteiger partial charge < -0.3 is 20.1 Å². The second-order valence-corrected chi connectivity index (χ2v) is 5.56. The van der Waals surface area contributed by atoms with Crippen LogP contribution in [0.3, 0.4) is 0 Å². The molecule has 0 aliphatic rings. The Bertz CT molecular complexity index is 881. The number of esters is 1. The van der Waals surface area contributed by atoms with Gasteiger partial charge in [0, 0.05) is 11.8 Å². The van der Waals surface area contributed by atoms with E-state index in [1.807, 2.05) is 0 Å². The Morgan fingerprint density at radius 3 is 2.41 bits per heavy atom. The summed E-state index contributed by atoms with van der Waals surface area (Å²) in [6, 6.07) is 8.86. The zero-order valence-electron chi connectivity index (χ0n) is 15.1. The molecule has 2 rings (SSSR count). The van der Waals surface area contributed by atoms with Gasteiger partial charge in [0.05, 0.1) is 43.0 Å². The van der Waals surface area contributed by atoms with Crippen LogP contribution in [0.5, 0.6) is 5.75 Å². The first-order valence-electron chi connectivity index (χ1n) is 7.90. The van der Waals surface area contributed by atoms with Gasteiger partial charge in [-0.05, 0) is 36.8 Å². The number of benzene rings is 2. The maximum Gasteiger partial charge on any atom is 0.337 e. The fourth-order valence-corrected chi connectivity index (χ4v) is 2.37. The Kier molecular flexibility index (Phi) is 6.32. The number of aryl methyl sites for hydroxylation is 1. The van der Waals surface area contributed by atoms with Crippen LogP contribution in [0.1, 0.15) is 15.9 Å². The number of non-ortho nitro benzene ring substituents is 1. The topological polar surface area (TPSA) is 120 Å². The number of hydrogen-bond donors (Lipinski definition) is 2. The van der Waals surface area contributed by atoms with Crippen LogP contribution in [0.15, 0.2) is 36.4 Å². The second-order valence-electron chi connectivity index (χ2n) is 5.56. The molecule has 0 aromatic heterocycles. The number of methoxy groups -OCH3 is 2. The van der Waals surface area contributed by atoms with Crippen LogP contribution in [-0.2, 0) is 9.53 Å². The van der Waals surface area contributed by atoms with Crippen LogP contribution < -0.4 is 15.4 Å². The minimum atomic E-state index is -0.545. The van der Waals surface area contributed by atoms with E-state index >= 15 is 0 Å². The molecule has 9 heteroatoms. The van der Waals surface area contributed by atoms with E-state index in [-0.39, 0.29) is 23.9 Å². The molecule has 1 amide bonds. The number of nitro benzene ring substituents is 1. The van der Waals surface area contributed by atoms with Gasteiger partial charge in [0.1, 0.15) is 5.75 Å². The summed E-state index contributed by atoms with van der Waals surface area (Å²) < 4.78 is 9.75. The third-order valence-corrected chi connectivity index (χ3v) is 3.76. The SMILES string of the molecule is COC(=O)c1ccc(NCC(=O)Nc2ccc([N+](=O)[O-])cc2OC)c(C)c1. The Morgan fingerprint density at radius 1 is 1.11 bits per heavy atom. The molecule has 0 saturated heterocycles. The van der Waals surface area contributed by atoms with Crippen molar-refractivity contribution in [3.05, 3.63) is 57.6 Å². The predicted octanol–water partition coefficient (Wildman–Crippen LogP) is 2.75. The molecule has 0 fully saturated rings. The Morgan fingerprint density at radius 2 is 1.81 bits per heavy atom. The maximum absolute atomic E-state index is 12.2. The van der Waals surface area contributed by atoms with E-state index in [0.717, 1.165) is 5.56 Å². The van der Waals surface area contributed by atoms with Crippen LogP contribution in [-0.4, -0.2) is 37.6 Å². The zero-order chi connectivity index (χ0) is 20.0. The number of nitrogens with zero attached hydrogens (tertiary/aromatic N) is 1. The molecule has 0 spiro atoms. The number of rotatable bonds is 7. The number of anilines is 2. The summed E-state index contributed by atoms with van der Waals surface area (Å²) in [5.41, 5.74) is 2.07. The monoisotopic (exact) mass is 373 g/mol. The lowest BCUT2D eigenvalue weighted by Gasteiger charge is -2.12. The summed E-state index contributed by atoms with van der Waals surface area (Å²) in [5.74, 6) is -0.609. The highest BCUT2D eigenvalue weighted by molar-refractivity contribution is 5.95. The molecule has 0 aliphatic carbocycles. The van der Waals surface area contributed by atoms with Crippen LogP contribution >= 0.6 is 0 Å². The zero-order valence-corrected chi connectivity index (χ0v) is 15.1. The lowest BCUT2D eigenvalue weighted by Crippen LogP contribution is -2.22. The van der Waals surface area contributed by atoms with Gasteiger partial charge in [-0.2, -0.15) is 0 Å².